The van der Waals surface area contributed by atoms with E-state index < -0.39 is 10.0 Å². The van der Waals surface area contributed by atoms with Gasteiger partial charge in [0.05, 0.1) is 4.90 Å². The average molecular weight is 438 g/mol. The highest BCUT2D eigenvalue weighted by atomic mass is 79.9. The SMILES string of the molecule is CC1(C)C2CNCC2CN1S(=O)(=O)c1ccc(Br)cc1Br. The number of nitrogens with one attached hydrogen (secondary N) is 1. The zero-order valence-electron chi connectivity index (χ0n) is 11.9. The molecule has 1 N–H and O–H groups in total. The number of hydrogen-bond acceptors (Lipinski definition) is 3. The number of hydrogen-bond donors (Lipinski definition) is 1. The van der Waals surface area contributed by atoms with Crippen LogP contribution in [0.3, 0.4) is 0 Å². The fraction of sp³-hybridized carbons (Fsp3) is 0.571. The van der Waals surface area contributed by atoms with Gasteiger partial charge in [0, 0.05) is 27.6 Å². The Bertz CT molecular complexity index is 676. The zero-order chi connectivity index (χ0) is 15.4. The minimum absolute atomic E-state index is 0.340. The number of benzene rings is 1. The van der Waals surface area contributed by atoms with E-state index in [4.69, 9.17) is 0 Å². The lowest BCUT2D eigenvalue weighted by molar-refractivity contribution is 0.233. The summed E-state index contributed by atoms with van der Waals surface area (Å²) in [4.78, 5) is 0.340. The monoisotopic (exact) mass is 436 g/mol. The van der Waals surface area contributed by atoms with Crippen LogP contribution in [0.15, 0.2) is 32.0 Å². The van der Waals surface area contributed by atoms with Gasteiger partial charge < -0.3 is 5.32 Å². The molecule has 1 aromatic rings. The minimum Gasteiger partial charge on any atom is -0.316 e. The standard InChI is InChI=1S/C14H18Br2N2O2S/c1-14(2)11-7-17-6-9(11)8-18(14)21(19,20)13-4-3-10(15)5-12(13)16/h3-5,9,11,17H,6-8H2,1-2H3. The van der Waals surface area contributed by atoms with Crippen molar-refractivity contribution in [2.24, 2.45) is 11.8 Å². The predicted molar refractivity (Wildman–Crippen MR) is 89.7 cm³/mol. The van der Waals surface area contributed by atoms with E-state index in [1.54, 1.807) is 22.5 Å². The second-order valence-corrected chi connectivity index (χ2v) is 9.89. The first-order valence-corrected chi connectivity index (χ1v) is 9.96. The summed E-state index contributed by atoms with van der Waals surface area (Å²) in [6.07, 6.45) is 0. The lowest BCUT2D eigenvalue weighted by Gasteiger charge is -2.34. The molecule has 2 unspecified atom stereocenters. The van der Waals surface area contributed by atoms with Crippen LogP contribution in [0.1, 0.15) is 13.8 Å². The van der Waals surface area contributed by atoms with E-state index in [0.29, 0.717) is 27.7 Å². The molecule has 2 aliphatic heterocycles. The second-order valence-electron chi connectivity index (χ2n) is 6.29. The van der Waals surface area contributed by atoms with Crippen molar-refractivity contribution in [2.45, 2.75) is 24.3 Å². The Morgan fingerprint density at radius 2 is 2.00 bits per heavy atom. The Balaban J connectivity index is 2.03. The summed E-state index contributed by atoms with van der Waals surface area (Å²) in [5.41, 5.74) is -0.362. The molecule has 7 heteroatoms. The average Bonchev–Trinajstić information content (AvgIpc) is 2.91. The van der Waals surface area contributed by atoms with Gasteiger partial charge >= 0.3 is 0 Å². The van der Waals surface area contributed by atoms with Gasteiger partial charge in [0.15, 0.2) is 0 Å². The third-order valence-electron chi connectivity index (χ3n) is 4.75. The van der Waals surface area contributed by atoms with Crippen LogP contribution in [-0.2, 0) is 10.0 Å². The lowest BCUT2D eigenvalue weighted by atomic mass is 9.85. The van der Waals surface area contributed by atoms with Crippen LogP contribution in [0, 0.1) is 11.8 Å². The van der Waals surface area contributed by atoms with Gasteiger partial charge in [-0.1, -0.05) is 15.9 Å². The van der Waals surface area contributed by atoms with E-state index >= 15 is 0 Å². The van der Waals surface area contributed by atoms with Crippen molar-refractivity contribution in [3.63, 3.8) is 0 Å². The Labute approximate surface area is 142 Å². The summed E-state index contributed by atoms with van der Waals surface area (Å²) in [7, 11) is -3.50. The minimum atomic E-state index is -3.50. The normalized spacial score (nSPS) is 28.8. The van der Waals surface area contributed by atoms with Crippen LogP contribution in [0.5, 0.6) is 0 Å². The Hall–Kier alpha value is 0.0500. The molecule has 0 spiro atoms. The highest BCUT2D eigenvalue weighted by molar-refractivity contribution is 9.11. The Morgan fingerprint density at radius 3 is 2.62 bits per heavy atom. The van der Waals surface area contributed by atoms with Gasteiger partial charge in [-0.3, -0.25) is 0 Å². The molecule has 2 fully saturated rings. The van der Waals surface area contributed by atoms with Crippen molar-refractivity contribution < 1.29 is 8.42 Å². The summed E-state index contributed by atoms with van der Waals surface area (Å²) >= 11 is 6.74. The maximum atomic E-state index is 13.1. The van der Waals surface area contributed by atoms with Gasteiger partial charge in [-0.15, -0.1) is 0 Å². The van der Waals surface area contributed by atoms with Crippen LogP contribution >= 0.6 is 31.9 Å². The smallest absolute Gasteiger partial charge is 0.244 e. The summed E-state index contributed by atoms with van der Waals surface area (Å²) in [5, 5.41) is 3.37. The van der Waals surface area contributed by atoms with Crippen LogP contribution in [-0.4, -0.2) is 37.9 Å². The number of halogens is 2. The lowest BCUT2D eigenvalue weighted by Crippen LogP contribution is -2.47. The van der Waals surface area contributed by atoms with Crippen molar-refractivity contribution in [1.29, 1.82) is 0 Å². The van der Waals surface area contributed by atoms with Gasteiger partial charge in [-0.2, -0.15) is 4.31 Å². The first kappa shape index (κ1) is 15.9. The maximum Gasteiger partial charge on any atom is 0.244 e. The molecule has 0 amide bonds. The van der Waals surface area contributed by atoms with Crippen molar-refractivity contribution >= 4 is 41.9 Å². The molecule has 21 heavy (non-hydrogen) atoms. The molecular weight excluding hydrogens is 420 g/mol. The number of rotatable bonds is 2. The molecule has 2 atom stereocenters. The molecular formula is C14H18Br2N2O2S. The maximum absolute atomic E-state index is 13.1. The molecule has 116 valence electrons. The van der Waals surface area contributed by atoms with E-state index in [1.165, 1.54) is 0 Å². The first-order valence-electron chi connectivity index (χ1n) is 6.93. The molecule has 2 heterocycles. The third kappa shape index (κ3) is 2.51. The quantitative estimate of drug-likeness (QED) is 0.773. The highest BCUT2D eigenvalue weighted by Crippen LogP contribution is 2.44. The van der Waals surface area contributed by atoms with E-state index in [9.17, 15) is 8.42 Å². The van der Waals surface area contributed by atoms with Crippen LogP contribution in [0.2, 0.25) is 0 Å². The Kier molecular flexibility index (Phi) is 4.02. The number of sulfonamides is 1. The van der Waals surface area contributed by atoms with Gasteiger partial charge in [0.2, 0.25) is 10.0 Å². The molecule has 0 bridgehead atoms. The summed E-state index contributed by atoms with van der Waals surface area (Å²) in [5.74, 6) is 0.783. The summed E-state index contributed by atoms with van der Waals surface area (Å²) in [6.45, 7) is 6.46. The highest BCUT2D eigenvalue weighted by Gasteiger charge is 2.54. The molecule has 3 rings (SSSR count). The van der Waals surface area contributed by atoms with E-state index in [2.05, 4.69) is 37.2 Å². The van der Waals surface area contributed by atoms with E-state index in [-0.39, 0.29) is 5.54 Å². The molecule has 0 radical (unpaired) electrons. The van der Waals surface area contributed by atoms with Crippen LogP contribution < -0.4 is 5.32 Å². The van der Waals surface area contributed by atoms with Crippen LogP contribution in [0.4, 0.5) is 0 Å². The van der Waals surface area contributed by atoms with Crippen molar-refractivity contribution in [3.05, 3.63) is 27.1 Å². The number of nitrogens with zero attached hydrogens (tertiary/aromatic N) is 1. The molecule has 4 nitrogen and oxygen atoms in total. The fourth-order valence-corrected chi connectivity index (χ4v) is 7.18. The van der Waals surface area contributed by atoms with Crippen molar-refractivity contribution in [1.82, 2.24) is 9.62 Å². The number of fused-ring (bicyclic) bond motifs is 1. The van der Waals surface area contributed by atoms with Gasteiger partial charge in [0.1, 0.15) is 0 Å². The zero-order valence-corrected chi connectivity index (χ0v) is 15.9. The molecule has 0 aromatic heterocycles. The molecule has 2 saturated heterocycles. The molecule has 0 saturated carbocycles. The van der Waals surface area contributed by atoms with Crippen molar-refractivity contribution in [3.8, 4) is 0 Å². The molecule has 2 aliphatic rings. The predicted octanol–water partition coefficient (Wildman–Crippen LogP) is 2.83. The van der Waals surface area contributed by atoms with Gasteiger partial charge in [-0.05, 0) is 66.4 Å². The van der Waals surface area contributed by atoms with Crippen LogP contribution in [0.25, 0.3) is 0 Å². The third-order valence-corrected chi connectivity index (χ3v) is 8.28. The largest absolute Gasteiger partial charge is 0.316 e. The molecule has 1 aromatic carbocycles. The van der Waals surface area contributed by atoms with Gasteiger partial charge in [0.25, 0.3) is 0 Å². The topological polar surface area (TPSA) is 49.4 Å². The summed E-state index contributed by atoms with van der Waals surface area (Å²) in [6, 6.07) is 5.20. The fourth-order valence-electron chi connectivity index (χ4n) is 3.60. The molecule has 0 aliphatic carbocycles. The summed E-state index contributed by atoms with van der Waals surface area (Å²) < 4.78 is 29.3. The Morgan fingerprint density at radius 1 is 1.29 bits per heavy atom. The second kappa shape index (κ2) is 5.30. The van der Waals surface area contributed by atoms with Crippen molar-refractivity contribution in [2.75, 3.05) is 19.6 Å². The van der Waals surface area contributed by atoms with E-state index in [1.807, 2.05) is 13.8 Å². The van der Waals surface area contributed by atoms with Gasteiger partial charge in [-0.25, -0.2) is 8.42 Å². The first-order chi connectivity index (χ1) is 9.74. The van der Waals surface area contributed by atoms with E-state index in [0.717, 1.165) is 17.6 Å².